The van der Waals surface area contributed by atoms with Crippen LogP contribution in [0.15, 0.2) is 35.2 Å². The normalized spacial score (nSPS) is 12.5. The van der Waals surface area contributed by atoms with E-state index in [4.69, 9.17) is 4.55 Å². The molecule has 1 aromatic carbocycles. The molecule has 0 heterocycles. The SMILES string of the molecule is O=S(=O)(O)CCCNS(=O)(=O)c1ccccc1. The second-order valence-corrected chi connectivity index (χ2v) is 6.69. The van der Waals surface area contributed by atoms with E-state index in [1.54, 1.807) is 18.2 Å². The highest BCUT2D eigenvalue weighted by Crippen LogP contribution is 2.06. The molecule has 0 unspecified atom stereocenters. The average Bonchev–Trinajstić information content (AvgIpc) is 2.25. The van der Waals surface area contributed by atoms with Crippen LogP contribution in [0.5, 0.6) is 0 Å². The highest BCUT2D eigenvalue weighted by Gasteiger charge is 2.12. The topological polar surface area (TPSA) is 101 Å². The van der Waals surface area contributed by atoms with Crippen LogP contribution in [0, 0.1) is 0 Å². The summed E-state index contributed by atoms with van der Waals surface area (Å²) in [6, 6.07) is 7.74. The minimum Gasteiger partial charge on any atom is -0.286 e. The Kier molecular flexibility index (Phi) is 4.63. The molecule has 0 spiro atoms. The predicted molar refractivity (Wildman–Crippen MR) is 62.7 cm³/mol. The van der Waals surface area contributed by atoms with Gasteiger partial charge in [-0.2, -0.15) is 8.42 Å². The Labute approximate surface area is 100 Å². The van der Waals surface area contributed by atoms with Crippen molar-refractivity contribution in [3.05, 3.63) is 30.3 Å². The third kappa shape index (κ3) is 5.26. The maximum absolute atomic E-state index is 11.6. The van der Waals surface area contributed by atoms with Crippen molar-refractivity contribution in [3.63, 3.8) is 0 Å². The first-order valence-electron chi connectivity index (χ1n) is 4.81. The Balaban J connectivity index is 2.53. The van der Waals surface area contributed by atoms with Gasteiger partial charge in [0.1, 0.15) is 0 Å². The van der Waals surface area contributed by atoms with Crippen LogP contribution >= 0.6 is 0 Å². The Morgan fingerprint density at radius 1 is 1.06 bits per heavy atom. The van der Waals surface area contributed by atoms with Crippen LogP contribution in [0.1, 0.15) is 6.42 Å². The van der Waals surface area contributed by atoms with Crippen molar-refractivity contribution in [1.29, 1.82) is 0 Å². The maximum Gasteiger partial charge on any atom is 0.264 e. The van der Waals surface area contributed by atoms with Gasteiger partial charge in [-0.05, 0) is 18.6 Å². The zero-order valence-corrected chi connectivity index (χ0v) is 10.5. The van der Waals surface area contributed by atoms with E-state index in [1.807, 2.05) is 0 Å². The first-order valence-corrected chi connectivity index (χ1v) is 7.90. The van der Waals surface area contributed by atoms with Gasteiger partial charge in [0.15, 0.2) is 0 Å². The molecule has 0 radical (unpaired) electrons. The van der Waals surface area contributed by atoms with Crippen LogP contribution in [-0.2, 0) is 20.1 Å². The lowest BCUT2D eigenvalue weighted by Crippen LogP contribution is -2.26. The first-order chi connectivity index (χ1) is 7.81. The number of benzene rings is 1. The van der Waals surface area contributed by atoms with Gasteiger partial charge in [0.05, 0.1) is 10.6 Å². The lowest BCUT2D eigenvalue weighted by atomic mass is 10.4. The standard InChI is InChI=1S/C9H13NO5S2/c11-16(12,13)8-4-7-10-17(14,15)9-5-2-1-3-6-9/h1-3,5-6,10H,4,7-8H2,(H,11,12,13). The Hall–Kier alpha value is -0.960. The molecule has 1 rings (SSSR count). The van der Waals surface area contributed by atoms with Crippen LogP contribution in [0.3, 0.4) is 0 Å². The molecule has 0 fully saturated rings. The molecule has 17 heavy (non-hydrogen) atoms. The third-order valence-corrected chi connectivity index (χ3v) is 4.21. The predicted octanol–water partition coefficient (Wildman–Crippen LogP) is 0.243. The molecular formula is C9H13NO5S2. The molecule has 0 bridgehead atoms. The van der Waals surface area contributed by atoms with Crippen LogP contribution in [0.25, 0.3) is 0 Å². The van der Waals surface area contributed by atoms with E-state index in [1.165, 1.54) is 12.1 Å². The number of hydrogen-bond donors (Lipinski definition) is 2. The molecule has 0 saturated heterocycles. The fourth-order valence-corrected chi connectivity index (χ4v) is 2.75. The van der Waals surface area contributed by atoms with E-state index < -0.39 is 25.9 Å². The van der Waals surface area contributed by atoms with Crippen LogP contribution in [0.4, 0.5) is 0 Å². The summed E-state index contributed by atoms with van der Waals surface area (Å²) >= 11 is 0. The van der Waals surface area contributed by atoms with Crippen molar-refractivity contribution >= 4 is 20.1 Å². The van der Waals surface area contributed by atoms with E-state index >= 15 is 0 Å². The second-order valence-electron chi connectivity index (χ2n) is 3.35. The Bertz CT molecular complexity index is 550. The van der Waals surface area contributed by atoms with Gasteiger partial charge in [-0.3, -0.25) is 4.55 Å². The van der Waals surface area contributed by atoms with Gasteiger partial charge in [0.2, 0.25) is 10.0 Å². The van der Waals surface area contributed by atoms with Crippen LogP contribution in [-0.4, -0.2) is 33.7 Å². The van der Waals surface area contributed by atoms with Crippen LogP contribution < -0.4 is 4.72 Å². The largest absolute Gasteiger partial charge is 0.286 e. The van der Waals surface area contributed by atoms with Gasteiger partial charge in [0, 0.05) is 6.54 Å². The van der Waals surface area contributed by atoms with E-state index in [0.717, 1.165) is 0 Å². The number of nitrogens with one attached hydrogen (secondary N) is 1. The molecule has 0 atom stereocenters. The third-order valence-electron chi connectivity index (χ3n) is 1.92. The number of sulfonamides is 1. The fraction of sp³-hybridized carbons (Fsp3) is 0.333. The van der Waals surface area contributed by atoms with Crippen molar-refractivity contribution in [2.45, 2.75) is 11.3 Å². The summed E-state index contributed by atoms with van der Waals surface area (Å²) in [6.45, 7) is -0.0446. The molecule has 2 N–H and O–H groups in total. The van der Waals surface area contributed by atoms with Gasteiger partial charge >= 0.3 is 0 Å². The minimum atomic E-state index is -4.04. The van der Waals surface area contributed by atoms with Gasteiger partial charge in [-0.1, -0.05) is 18.2 Å². The van der Waals surface area contributed by atoms with E-state index in [9.17, 15) is 16.8 Å². The second kappa shape index (κ2) is 5.58. The molecule has 96 valence electrons. The summed E-state index contributed by atoms with van der Waals surface area (Å²) < 4.78 is 54.8. The van der Waals surface area contributed by atoms with Crippen molar-refractivity contribution in [2.24, 2.45) is 0 Å². The van der Waals surface area contributed by atoms with Gasteiger partial charge in [0.25, 0.3) is 10.1 Å². The molecule has 0 saturated carbocycles. The van der Waals surface area contributed by atoms with E-state index in [2.05, 4.69) is 4.72 Å². The number of rotatable bonds is 6. The summed E-state index contributed by atoms with van der Waals surface area (Å²) in [6.07, 6.45) is 0.0187. The minimum absolute atomic E-state index is 0.0187. The van der Waals surface area contributed by atoms with E-state index in [-0.39, 0.29) is 17.9 Å². The molecule has 0 amide bonds. The Morgan fingerprint density at radius 3 is 2.18 bits per heavy atom. The molecule has 0 aromatic heterocycles. The Morgan fingerprint density at radius 2 is 1.65 bits per heavy atom. The average molecular weight is 279 g/mol. The molecule has 1 aromatic rings. The summed E-state index contributed by atoms with van der Waals surface area (Å²) in [4.78, 5) is 0.117. The molecule has 0 aliphatic heterocycles. The molecule has 0 aliphatic carbocycles. The summed E-state index contributed by atoms with van der Waals surface area (Å²) in [5, 5.41) is 0. The monoisotopic (exact) mass is 279 g/mol. The summed E-state index contributed by atoms with van der Waals surface area (Å²) in [5.41, 5.74) is 0. The van der Waals surface area contributed by atoms with Crippen molar-refractivity contribution in [1.82, 2.24) is 4.72 Å². The van der Waals surface area contributed by atoms with Gasteiger partial charge in [-0.15, -0.1) is 0 Å². The molecule has 0 aliphatic rings. The zero-order valence-electron chi connectivity index (χ0n) is 8.90. The first kappa shape index (κ1) is 14.1. The molecule has 6 nitrogen and oxygen atoms in total. The van der Waals surface area contributed by atoms with Crippen molar-refractivity contribution < 1.29 is 21.4 Å². The zero-order chi connectivity index (χ0) is 12.9. The highest BCUT2D eigenvalue weighted by molar-refractivity contribution is 7.89. The quantitative estimate of drug-likeness (QED) is 0.574. The van der Waals surface area contributed by atoms with E-state index in [0.29, 0.717) is 0 Å². The summed E-state index contributed by atoms with van der Waals surface area (Å²) in [5.74, 6) is -0.468. The lowest BCUT2D eigenvalue weighted by molar-refractivity contribution is 0.480. The highest BCUT2D eigenvalue weighted by atomic mass is 32.2. The molecule has 8 heteroatoms. The fourth-order valence-electron chi connectivity index (χ4n) is 1.14. The number of hydrogen-bond acceptors (Lipinski definition) is 4. The molecular weight excluding hydrogens is 266 g/mol. The lowest BCUT2D eigenvalue weighted by Gasteiger charge is -2.05. The smallest absolute Gasteiger partial charge is 0.264 e. The van der Waals surface area contributed by atoms with Crippen LogP contribution in [0.2, 0.25) is 0 Å². The maximum atomic E-state index is 11.6. The van der Waals surface area contributed by atoms with Crippen molar-refractivity contribution in [2.75, 3.05) is 12.3 Å². The van der Waals surface area contributed by atoms with Crippen molar-refractivity contribution in [3.8, 4) is 0 Å². The summed E-state index contributed by atoms with van der Waals surface area (Å²) in [7, 11) is -7.65. The van der Waals surface area contributed by atoms with Gasteiger partial charge in [-0.25, -0.2) is 13.1 Å². The van der Waals surface area contributed by atoms with Gasteiger partial charge < -0.3 is 0 Å².